The van der Waals surface area contributed by atoms with Crippen molar-refractivity contribution in [3.05, 3.63) is 93.8 Å². The number of hydrogen-bond donors (Lipinski definition) is 1. The molecule has 4 aromatic rings. The summed E-state index contributed by atoms with van der Waals surface area (Å²) in [7, 11) is -3.37. The van der Waals surface area contributed by atoms with E-state index in [1.54, 1.807) is 19.1 Å². The molecule has 47 heavy (non-hydrogen) atoms. The number of aryl methyl sites for hydroxylation is 1. The monoisotopic (exact) mass is 671 g/mol. The summed E-state index contributed by atoms with van der Waals surface area (Å²) in [4.78, 5) is 17.8. The molecular weight excluding hydrogens is 642 g/mol. The van der Waals surface area contributed by atoms with Crippen LogP contribution in [0.4, 0.5) is 23.4 Å². The third-order valence-corrected chi connectivity index (χ3v) is 9.62. The lowest BCUT2D eigenvalue weighted by Crippen LogP contribution is -2.37. The largest absolute Gasteiger partial charge is 0.435 e. The Kier molecular flexibility index (Phi) is 8.53. The zero-order valence-electron chi connectivity index (χ0n) is 25.2. The number of allylic oxidation sites excluding steroid dienone is 1. The fourth-order valence-corrected chi connectivity index (χ4v) is 6.81. The number of nitrogens with two attached hydrogens (primary N) is 1. The van der Waals surface area contributed by atoms with Gasteiger partial charge in [0, 0.05) is 31.1 Å². The number of para-hydroxylation sites is 1. The van der Waals surface area contributed by atoms with Crippen LogP contribution in [0.3, 0.4) is 0 Å². The third kappa shape index (κ3) is 6.45. The lowest BCUT2D eigenvalue weighted by molar-refractivity contribution is -0.0507. The van der Waals surface area contributed by atoms with Crippen LogP contribution < -0.4 is 15.2 Å². The van der Waals surface area contributed by atoms with Crippen LogP contribution in [0.1, 0.15) is 51.4 Å². The van der Waals surface area contributed by atoms with E-state index in [0.29, 0.717) is 40.8 Å². The number of pyridine rings is 1. The van der Waals surface area contributed by atoms with Crippen LogP contribution in [0, 0.1) is 18.6 Å². The second kappa shape index (κ2) is 12.4. The minimum Gasteiger partial charge on any atom is -0.435 e. The second-order valence-corrected chi connectivity index (χ2v) is 13.4. The SMILES string of the molecule is Cc1cc(Oc2c(F)cccc2F)ncc1-n1ncc(C(=O)C2=Cc3cc(OC(F)F)c(C4CCN(S(C)(=O)=O)CC4)cc3C2)c1N. The third-order valence-electron chi connectivity index (χ3n) is 8.32. The van der Waals surface area contributed by atoms with Crippen LogP contribution in [0.25, 0.3) is 11.8 Å². The van der Waals surface area contributed by atoms with Gasteiger partial charge >= 0.3 is 6.61 Å². The average Bonchev–Trinajstić information content (AvgIpc) is 3.61. The van der Waals surface area contributed by atoms with Gasteiger partial charge in [0.2, 0.25) is 21.7 Å². The summed E-state index contributed by atoms with van der Waals surface area (Å²) in [6.07, 6.45) is 6.47. The number of anilines is 1. The number of alkyl halides is 2. The summed E-state index contributed by atoms with van der Waals surface area (Å²) < 4.78 is 91.6. The second-order valence-electron chi connectivity index (χ2n) is 11.4. The Morgan fingerprint density at radius 2 is 1.79 bits per heavy atom. The highest BCUT2D eigenvalue weighted by atomic mass is 32.2. The van der Waals surface area contributed by atoms with Crippen molar-refractivity contribution in [3.63, 3.8) is 0 Å². The van der Waals surface area contributed by atoms with E-state index in [9.17, 15) is 30.8 Å². The van der Waals surface area contributed by atoms with Crippen molar-refractivity contribution in [2.24, 2.45) is 0 Å². The van der Waals surface area contributed by atoms with E-state index in [2.05, 4.69) is 10.1 Å². The van der Waals surface area contributed by atoms with Gasteiger partial charge in [0.05, 0.1) is 29.9 Å². The fourth-order valence-electron chi connectivity index (χ4n) is 5.94. The number of fused-ring (bicyclic) bond motifs is 1. The van der Waals surface area contributed by atoms with Gasteiger partial charge in [-0.3, -0.25) is 4.79 Å². The van der Waals surface area contributed by atoms with Gasteiger partial charge in [-0.1, -0.05) is 12.1 Å². The summed E-state index contributed by atoms with van der Waals surface area (Å²) in [6, 6.07) is 8.01. The Hall–Kier alpha value is -4.76. The number of nitrogen functional groups attached to an aromatic ring is 1. The number of piperidine rings is 1. The van der Waals surface area contributed by atoms with Gasteiger partial charge < -0.3 is 15.2 Å². The number of carbonyl (C=O) groups is 1. The molecule has 246 valence electrons. The van der Waals surface area contributed by atoms with Gasteiger partial charge in [-0.25, -0.2) is 31.2 Å². The van der Waals surface area contributed by atoms with Gasteiger partial charge in [-0.15, -0.1) is 0 Å². The summed E-state index contributed by atoms with van der Waals surface area (Å²) in [5, 5.41) is 4.27. The summed E-state index contributed by atoms with van der Waals surface area (Å²) in [5.74, 6) is -3.05. The topological polar surface area (TPSA) is 130 Å². The van der Waals surface area contributed by atoms with E-state index in [1.165, 1.54) is 39.6 Å². The molecule has 1 aliphatic carbocycles. The molecule has 0 radical (unpaired) electrons. The molecule has 1 aliphatic heterocycles. The summed E-state index contributed by atoms with van der Waals surface area (Å²) >= 11 is 0. The predicted octanol–water partition coefficient (Wildman–Crippen LogP) is 5.79. The van der Waals surface area contributed by atoms with Crippen molar-refractivity contribution >= 4 is 27.7 Å². The highest BCUT2D eigenvalue weighted by molar-refractivity contribution is 7.88. The van der Waals surface area contributed by atoms with E-state index in [0.717, 1.165) is 24.0 Å². The van der Waals surface area contributed by atoms with E-state index in [1.807, 2.05) is 0 Å². The minimum atomic E-state index is -3.37. The summed E-state index contributed by atoms with van der Waals surface area (Å²) in [6.45, 7) is -0.870. The number of ketones is 1. The molecule has 6 rings (SSSR count). The van der Waals surface area contributed by atoms with Crippen molar-refractivity contribution in [2.45, 2.75) is 38.7 Å². The Morgan fingerprint density at radius 1 is 1.09 bits per heavy atom. The molecule has 2 aromatic heterocycles. The normalized spacial score (nSPS) is 15.5. The van der Waals surface area contributed by atoms with Crippen LogP contribution >= 0.6 is 0 Å². The number of rotatable bonds is 9. The van der Waals surface area contributed by atoms with Gasteiger partial charge in [0.15, 0.2) is 17.4 Å². The van der Waals surface area contributed by atoms with Crippen LogP contribution in [-0.2, 0) is 16.4 Å². The highest BCUT2D eigenvalue weighted by Gasteiger charge is 2.31. The first kappa shape index (κ1) is 32.2. The molecule has 0 amide bonds. The molecule has 0 spiro atoms. The zero-order chi connectivity index (χ0) is 33.6. The number of sulfonamides is 1. The standard InChI is InChI=1S/C32H29F4N5O5S/c1-17-10-28(46-30-24(33)4-3-5-25(30)34)38-16-26(17)41-31(37)23(15-39-41)29(42)21-11-19-13-22(27(45-32(35)36)14-20(19)12-21)18-6-8-40(9-7-18)47(2,43)44/h3-5,10,12-16,18,32H,6-9,11,37H2,1-2H3. The Bertz CT molecular complexity index is 2000. The van der Waals surface area contributed by atoms with Crippen LogP contribution in [0.5, 0.6) is 17.4 Å². The number of hydrogen-bond acceptors (Lipinski definition) is 8. The Morgan fingerprint density at radius 3 is 2.43 bits per heavy atom. The number of carbonyl (C=O) groups excluding carboxylic acids is 1. The molecule has 1 saturated heterocycles. The van der Waals surface area contributed by atoms with Gasteiger partial charge in [-0.2, -0.15) is 13.9 Å². The molecule has 0 bridgehead atoms. The molecule has 3 heterocycles. The number of aromatic nitrogens is 3. The Balaban J connectivity index is 1.22. The van der Waals surface area contributed by atoms with Crippen molar-refractivity contribution in [3.8, 4) is 23.1 Å². The van der Waals surface area contributed by atoms with Crippen molar-refractivity contribution in [1.82, 2.24) is 19.1 Å². The molecule has 1 fully saturated rings. The number of Topliss-reactive ketones (excluding diaryl/α,β-unsaturated/α-hetero) is 1. The van der Waals surface area contributed by atoms with E-state index in [-0.39, 0.29) is 48.4 Å². The number of nitrogens with zero attached hydrogens (tertiary/aromatic N) is 4. The van der Waals surface area contributed by atoms with Gasteiger partial charge in [-0.05, 0) is 72.2 Å². The molecule has 2 aliphatic rings. The van der Waals surface area contributed by atoms with Crippen molar-refractivity contribution in [2.75, 3.05) is 25.1 Å². The number of benzene rings is 2. The van der Waals surface area contributed by atoms with E-state index in [4.69, 9.17) is 15.2 Å². The minimum absolute atomic E-state index is 0.0121. The molecule has 2 N–H and O–H groups in total. The first-order valence-corrected chi connectivity index (χ1v) is 16.4. The number of halogens is 4. The molecule has 0 saturated carbocycles. The molecular formula is C32H29F4N5O5S. The lowest BCUT2D eigenvalue weighted by Gasteiger charge is -2.31. The fraction of sp³-hybridized carbons (Fsp3) is 0.281. The first-order chi connectivity index (χ1) is 22.3. The smallest absolute Gasteiger partial charge is 0.387 e. The molecule has 2 aromatic carbocycles. The van der Waals surface area contributed by atoms with Crippen molar-refractivity contribution in [1.29, 1.82) is 0 Å². The number of ether oxygens (including phenoxy) is 2. The molecule has 0 unspecified atom stereocenters. The molecule has 10 nitrogen and oxygen atoms in total. The molecule has 0 atom stereocenters. The van der Waals surface area contributed by atoms with Crippen molar-refractivity contribution < 1.29 is 40.2 Å². The zero-order valence-corrected chi connectivity index (χ0v) is 26.0. The van der Waals surface area contributed by atoms with E-state index < -0.39 is 39.8 Å². The maximum Gasteiger partial charge on any atom is 0.387 e. The van der Waals surface area contributed by atoms with Crippen LogP contribution in [0.2, 0.25) is 0 Å². The predicted molar refractivity (Wildman–Crippen MR) is 164 cm³/mol. The van der Waals surface area contributed by atoms with E-state index >= 15 is 0 Å². The van der Waals surface area contributed by atoms with Crippen LogP contribution in [0.15, 0.2) is 54.4 Å². The molecule has 15 heteroatoms. The summed E-state index contributed by atoms with van der Waals surface area (Å²) in [5.41, 5.74) is 9.60. The van der Waals surface area contributed by atoms with Gasteiger partial charge in [0.25, 0.3) is 0 Å². The quantitative estimate of drug-likeness (QED) is 0.175. The maximum atomic E-state index is 14.0. The van der Waals surface area contributed by atoms with Gasteiger partial charge in [0.1, 0.15) is 11.6 Å². The lowest BCUT2D eigenvalue weighted by atomic mass is 9.87. The highest BCUT2D eigenvalue weighted by Crippen LogP contribution is 2.41. The average molecular weight is 672 g/mol. The first-order valence-electron chi connectivity index (χ1n) is 14.5. The Labute approximate surface area is 267 Å². The van der Waals surface area contributed by atoms with Crippen LogP contribution in [-0.4, -0.2) is 59.2 Å². The maximum absolute atomic E-state index is 14.0.